The Balaban J connectivity index is 2.40. The van der Waals surface area contributed by atoms with Gasteiger partial charge in [0.15, 0.2) is 0 Å². The molecular weight excluding hydrogens is 154 g/mol. The maximum absolute atomic E-state index is 11.2. The van der Waals surface area contributed by atoms with Gasteiger partial charge in [-0.25, -0.2) is 0 Å². The number of hydrogen-bond donors (Lipinski definition) is 1. The fourth-order valence-electron chi connectivity index (χ4n) is 1.28. The third-order valence-electron chi connectivity index (χ3n) is 2.16. The maximum atomic E-state index is 11.2. The summed E-state index contributed by atoms with van der Waals surface area (Å²) in [5.74, 6) is 0.102. The summed E-state index contributed by atoms with van der Waals surface area (Å²) in [6.45, 7) is 0. The summed E-state index contributed by atoms with van der Waals surface area (Å²) < 4.78 is 0. The monoisotopic (exact) mass is 169 g/mol. The maximum Gasteiger partial charge on any atom is 0.222 e. The predicted octanol–water partition coefficient (Wildman–Crippen LogP) is 0.402. The molecule has 0 aromatic heterocycles. The van der Waals surface area contributed by atoms with Crippen LogP contribution in [0.5, 0.6) is 0 Å². The van der Waals surface area contributed by atoms with Crippen molar-refractivity contribution in [3.63, 3.8) is 0 Å². The molecule has 1 aliphatic rings. The summed E-state index contributed by atoms with van der Waals surface area (Å²) >= 11 is 0. The number of hydrogen-bond acceptors (Lipinski definition) is 2. The molecule has 1 N–H and O–H groups in total. The average Bonchev–Trinajstić information content (AvgIpc) is 2.36. The van der Waals surface area contributed by atoms with Crippen LogP contribution < -0.4 is 0 Å². The fourth-order valence-corrected chi connectivity index (χ4v) is 1.28. The number of rotatable bonds is 2. The highest BCUT2D eigenvalue weighted by atomic mass is 16.3. The molecule has 0 heterocycles. The molecule has 1 rings (SSSR count). The SMILES string of the molecule is CN(C)C(=O)C[C@H]1C=CC[C@H]1O. The third kappa shape index (κ3) is 2.08. The molecule has 0 aliphatic heterocycles. The van der Waals surface area contributed by atoms with Crippen molar-refractivity contribution in [3.05, 3.63) is 12.2 Å². The van der Waals surface area contributed by atoms with E-state index in [4.69, 9.17) is 0 Å². The molecular formula is C9H15NO2. The minimum absolute atomic E-state index is 0.0277. The Morgan fingerprint density at radius 1 is 1.67 bits per heavy atom. The van der Waals surface area contributed by atoms with Crippen LogP contribution in [-0.2, 0) is 4.79 Å². The largest absolute Gasteiger partial charge is 0.392 e. The Labute approximate surface area is 72.7 Å². The van der Waals surface area contributed by atoms with Crippen molar-refractivity contribution in [1.29, 1.82) is 0 Å². The molecule has 1 aliphatic carbocycles. The van der Waals surface area contributed by atoms with Crippen LogP contribution in [-0.4, -0.2) is 36.1 Å². The van der Waals surface area contributed by atoms with E-state index in [9.17, 15) is 9.90 Å². The molecule has 0 saturated heterocycles. The van der Waals surface area contributed by atoms with E-state index in [1.54, 1.807) is 19.0 Å². The summed E-state index contributed by atoms with van der Waals surface area (Å²) in [6, 6.07) is 0. The summed E-state index contributed by atoms with van der Waals surface area (Å²) in [6.07, 6.45) is 4.61. The van der Waals surface area contributed by atoms with Crippen molar-refractivity contribution < 1.29 is 9.90 Å². The average molecular weight is 169 g/mol. The lowest BCUT2D eigenvalue weighted by molar-refractivity contribution is -0.130. The number of aliphatic hydroxyl groups excluding tert-OH is 1. The number of aliphatic hydroxyl groups is 1. The zero-order valence-electron chi connectivity index (χ0n) is 7.53. The van der Waals surface area contributed by atoms with E-state index in [1.807, 2.05) is 12.2 Å². The molecule has 0 fully saturated rings. The van der Waals surface area contributed by atoms with Crippen LogP contribution in [0.1, 0.15) is 12.8 Å². The predicted molar refractivity (Wildman–Crippen MR) is 46.6 cm³/mol. The Bertz CT molecular complexity index is 199. The van der Waals surface area contributed by atoms with Gasteiger partial charge in [-0.15, -0.1) is 0 Å². The standard InChI is InChI=1S/C9H15NO2/c1-10(2)9(12)6-7-4-3-5-8(7)11/h3-4,7-8,11H,5-6H2,1-2H3/t7-,8-/m1/s1. The fraction of sp³-hybridized carbons (Fsp3) is 0.667. The van der Waals surface area contributed by atoms with Crippen molar-refractivity contribution in [2.75, 3.05) is 14.1 Å². The molecule has 12 heavy (non-hydrogen) atoms. The van der Waals surface area contributed by atoms with Gasteiger partial charge in [0.1, 0.15) is 0 Å². The van der Waals surface area contributed by atoms with Crippen molar-refractivity contribution >= 4 is 5.91 Å². The van der Waals surface area contributed by atoms with Crippen LogP contribution in [0.3, 0.4) is 0 Å². The van der Waals surface area contributed by atoms with Crippen LogP contribution >= 0.6 is 0 Å². The van der Waals surface area contributed by atoms with Crippen molar-refractivity contribution in [3.8, 4) is 0 Å². The molecule has 3 heteroatoms. The normalized spacial score (nSPS) is 27.6. The van der Waals surface area contributed by atoms with E-state index in [0.29, 0.717) is 12.8 Å². The third-order valence-corrected chi connectivity index (χ3v) is 2.16. The van der Waals surface area contributed by atoms with E-state index in [0.717, 1.165) is 0 Å². The summed E-state index contributed by atoms with van der Waals surface area (Å²) in [5.41, 5.74) is 0. The van der Waals surface area contributed by atoms with Gasteiger partial charge < -0.3 is 10.0 Å². The molecule has 68 valence electrons. The lowest BCUT2D eigenvalue weighted by Gasteiger charge is -2.16. The zero-order valence-corrected chi connectivity index (χ0v) is 7.53. The Hall–Kier alpha value is -0.830. The van der Waals surface area contributed by atoms with Gasteiger partial charge in [0, 0.05) is 26.4 Å². The van der Waals surface area contributed by atoms with Crippen molar-refractivity contribution in [2.45, 2.75) is 18.9 Å². The van der Waals surface area contributed by atoms with Crippen LogP contribution in [0.2, 0.25) is 0 Å². The number of nitrogens with zero attached hydrogens (tertiary/aromatic N) is 1. The topological polar surface area (TPSA) is 40.5 Å². The number of carbonyl (C=O) groups is 1. The highest BCUT2D eigenvalue weighted by Crippen LogP contribution is 2.21. The van der Waals surface area contributed by atoms with Gasteiger partial charge >= 0.3 is 0 Å². The minimum Gasteiger partial charge on any atom is -0.392 e. The summed E-state index contributed by atoms with van der Waals surface area (Å²) in [5, 5.41) is 9.39. The molecule has 0 spiro atoms. The van der Waals surface area contributed by atoms with E-state index < -0.39 is 0 Å². The summed E-state index contributed by atoms with van der Waals surface area (Å²) in [7, 11) is 3.46. The van der Waals surface area contributed by atoms with Gasteiger partial charge in [0.25, 0.3) is 0 Å². The second-order valence-corrected chi connectivity index (χ2v) is 3.39. The quantitative estimate of drug-likeness (QED) is 0.608. The molecule has 0 radical (unpaired) electrons. The van der Waals surface area contributed by atoms with Gasteiger partial charge in [-0.1, -0.05) is 12.2 Å². The molecule has 0 aromatic carbocycles. The lowest BCUT2D eigenvalue weighted by Crippen LogP contribution is -2.26. The van der Waals surface area contributed by atoms with E-state index in [2.05, 4.69) is 0 Å². The molecule has 0 aromatic rings. The first-order chi connectivity index (χ1) is 5.61. The van der Waals surface area contributed by atoms with Crippen LogP contribution in [0.15, 0.2) is 12.2 Å². The van der Waals surface area contributed by atoms with Gasteiger partial charge in [-0.3, -0.25) is 4.79 Å². The smallest absolute Gasteiger partial charge is 0.222 e. The number of amides is 1. The zero-order chi connectivity index (χ0) is 9.14. The molecule has 0 unspecified atom stereocenters. The molecule has 0 saturated carbocycles. The molecule has 0 bridgehead atoms. The Morgan fingerprint density at radius 3 is 2.75 bits per heavy atom. The highest BCUT2D eigenvalue weighted by Gasteiger charge is 2.23. The van der Waals surface area contributed by atoms with Crippen LogP contribution in [0.4, 0.5) is 0 Å². The lowest BCUT2D eigenvalue weighted by atomic mass is 10.0. The van der Waals surface area contributed by atoms with Crippen molar-refractivity contribution in [2.24, 2.45) is 5.92 Å². The van der Waals surface area contributed by atoms with Crippen molar-refractivity contribution in [1.82, 2.24) is 4.90 Å². The summed E-state index contributed by atoms with van der Waals surface area (Å²) in [4.78, 5) is 12.8. The second-order valence-electron chi connectivity index (χ2n) is 3.39. The first kappa shape index (κ1) is 9.26. The molecule has 1 amide bonds. The molecule has 3 nitrogen and oxygen atoms in total. The van der Waals surface area contributed by atoms with Gasteiger partial charge in [0.2, 0.25) is 5.91 Å². The first-order valence-corrected chi connectivity index (χ1v) is 4.16. The Morgan fingerprint density at radius 2 is 2.33 bits per heavy atom. The molecule has 2 atom stereocenters. The van der Waals surface area contributed by atoms with Crippen LogP contribution in [0, 0.1) is 5.92 Å². The van der Waals surface area contributed by atoms with E-state index in [1.165, 1.54) is 0 Å². The van der Waals surface area contributed by atoms with E-state index >= 15 is 0 Å². The van der Waals surface area contributed by atoms with Gasteiger partial charge in [-0.2, -0.15) is 0 Å². The second kappa shape index (κ2) is 3.72. The minimum atomic E-state index is -0.353. The van der Waals surface area contributed by atoms with Gasteiger partial charge in [-0.05, 0) is 6.42 Å². The van der Waals surface area contributed by atoms with Crippen LogP contribution in [0.25, 0.3) is 0 Å². The Kier molecular flexibility index (Phi) is 2.87. The van der Waals surface area contributed by atoms with Gasteiger partial charge in [0.05, 0.1) is 6.10 Å². The number of carbonyl (C=O) groups excluding carboxylic acids is 1. The first-order valence-electron chi connectivity index (χ1n) is 4.16. The van der Waals surface area contributed by atoms with E-state index in [-0.39, 0.29) is 17.9 Å². The highest BCUT2D eigenvalue weighted by molar-refractivity contribution is 5.76.